The van der Waals surface area contributed by atoms with Gasteiger partial charge in [0.05, 0.1) is 35.7 Å². The highest BCUT2D eigenvalue weighted by atomic mass is 32.2. The molecule has 3 atom stereocenters. The Morgan fingerprint density at radius 2 is 1.74 bits per heavy atom. The molecule has 10 nitrogen and oxygen atoms in total. The Morgan fingerprint density at radius 1 is 1.08 bits per heavy atom. The van der Waals surface area contributed by atoms with Crippen molar-refractivity contribution in [3.8, 4) is 0 Å². The van der Waals surface area contributed by atoms with E-state index in [-0.39, 0.29) is 47.2 Å². The molecule has 0 aliphatic rings. The molecule has 4 rings (SSSR count). The van der Waals surface area contributed by atoms with E-state index in [1.165, 1.54) is 12.1 Å². The summed E-state index contributed by atoms with van der Waals surface area (Å²) in [6.07, 6.45) is -4.51. The Kier molecular flexibility index (Phi) is 7.30. The van der Waals surface area contributed by atoms with Gasteiger partial charge in [0, 0.05) is 13.1 Å². The summed E-state index contributed by atoms with van der Waals surface area (Å²) in [5.74, 6) is -0.659. The Bertz CT molecular complexity index is 1600. The van der Waals surface area contributed by atoms with Gasteiger partial charge in [0.2, 0.25) is 10.0 Å². The number of hydrogen-bond acceptors (Lipinski definition) is 7. The fraction of sp³-hybridized carbons (Fsp3) is 0.296. The first kappa shape index (κ1) is 23.5. The van der Waals surface area contributed by atoms with Crippen LogP contribution in [0.1, 0.15) is 16.6 Å². The number of nitrogens with two attached hydrogens (primary N) is 1. The van der Waals surface area contributed by atoms with Gasteiger partial charge in [-0.3, -0.25) is 4.90 Å². The molecule has 0 fully saturated rings. The molecular weight excluding hydrogens is 510 g/mol. The number of hydrogen-bond donors (Lipinski definition) is 3. The number of sulfonamides is 1. The maximum Gasteiger partial charge on any atom is 0.412 e. The molecule has 0 bridgehead atoms. The first-order valence-corrected chi connectivity index (χ1v) is 13.4. The smallest absolute Gasteiger partial charge is 0.412 e. The molecule has 4 aromatic rings. The molecule has 0 radical (unpaired) electrons. The van der Waals surface area contributed by atoms with Crippen molar-refractivity contribution in [2.75, 3.05) is 24.5 Å². The van der Waals surface area contributed by atoms with Crippen molar-refractivity contribution in [2.24, 2.45) is 11.7 Å². The van der Waals surface area contributed by atoms with Crippen LogP contribution in [0, 0.1) is 5.92 Å². The van der Waals surface area contributed by atoms with E-state index in [4.69, 9.17) is 18.7 Å². The number of fused-ring (bicyclic) bond motifs is 1. The summed E-state index contributed by atoms with van der Waals surface area (Å²) >= 11 is 0. The van der Waals surface area contributed by atoms with E-state index in [1.807, 2.05) is 0 Å². The molecule has 2 aromatic carbocycles. The zero-order valence-corrected chi connectivity index (χ0v) is 21.5. The Hall–Kier alpha value is -3.64. The highest BCUT2D eigenvalue weighted by Gasteiger charge is 2.37. The lowest BCUT2D eigenvalue weighted by Gasteiger charge is -2.35. The summed E-state index contributed by atoms with van der Waals surface area (Å²) in [6, 6.07) is 14.5. The van der Waals surface area contributed by atoms with Crippen LogP contribution in [-0.4, -0.2) is 60.8 Å². The molecular formula is C27H31N3O7S. The summed E-state index contributed by atoms with van der Waals surface area (Å²) in [4.78, 5) is 13.5. The number of amides is 1. The number of anilines is 1. The largest absolute Gasteiger partial charge is 0.465 e. The molecule has 38 heavy (non-hydrogen) atoms. The van der Waals surface area contributed by atoms with Gasteiger partial charge in [0.25, 0.3) is 5.78 Å². The van der Waals surface area contributed by atoms with Gasteiger partial charge in [0.15, 0.2) is 0 Å². The summed E-state index contributed by atoms with van der Waals surface area (Å²) in [5, 5.41) is 21.8. The van der Waals surface area contributed by atoms with Gasteiger partial charge in [-0.05, 0) is 42.6 Å². The quantitative estimate of drug-likeness (QED) is 0.244. The second-order valence-electron chi connectivity index (χ2n) is 9.00. The number of carboxylic acid groups (broad SMARTS) is 1. The van der Waals surface area contributed by atoms with Gasteiger partial charge in [-0.2, -0.15) is 4.31 Å². The van der Waals surface area contributed by atoms with Gasteiger partial charge in [0.1, 0.15) is 8.98 Å². The van der Waals surface area contributed by atoms with Crippen LogP contribution in [-0.2, 0) is 16.4 Å². The van der Waals surface area contributed by atoms with Crippen LogP contribution < -0.4 is 10.6 Å². The number of benzene rings is 2. The lowest BCUT2D eigenvalue weighted by Crippen LogP contribution is -2.53. The highest BCUT2D eigenvalue weighted by molar-refractivity contribution is 7.89. The Morgan fingerprint density at radius 3 is 2.37 bits per heavy atom. The first-order chi connectivity index (χ1) is 19.4. The molecule has 0 aliphatic carbocycles. The monoisotopic (exact) mass is 544 g/mol. The lowest BCUT2D eigenvalue weighted by molar-refractivity contribution is 0.109. The number of carbonyl (C=O) groups is 1. The summed E-state index contributed by atoms with van der Waals surface area (Å²) < 4.78 is 63.0. The van der Waals surface area contributed by atoms with Gasteiger partial charge < -0.3 is 24.8 Å². The lowest BCUT2D eigenvalue weighted by atomic mass is 9.98. The molecule has 11 heteroatoms. The van der Waals surface area contributed by atoms with Crippen LogP contribution in [0.2, 0.25) is 0 Å². The third-order valence-corrected chi connectivity index (χ3v) is 8.05. The fourth-order valence-corrected chi connectivity index (χ4v) is 5.79. The average Bonchev–Trinajstić information content (AvgIpc) is 3.41. The molecule has 2 heterocycles. The zero-order chi connectivity index (χ0) is 29.9. The topological polar surface area (TPSA) is 150 Å². The molecule has 1 amide bonds. The SMILES string of the molecule is [2H]c1oc2oc([2H])c(N(C(=O)O)[C@@H](Cc3ccccc3)[C@H](O)CN(CC(C)CN)S(=O)(=O)c3ccccc3)c2c1[2H]. The molecule has 1 unspecified atom stereocenters. The van der Waals surface area contributed by atoms with E-state index in [9.17, 15) is 23.4 Å². The van der Waals surface area contributed by atoms with Crippen molar-refractivity contribution >= 4 is 33.0 Å². The summed E-state index contributed by atoms with van der Waals surface area (Å²) in [7, 11) is -4.13. The highest BCUT2D eigenvalue weighted by Crippen LogP contribution is 2.33. The van der Waals surface area contributed by atoms with E-state index in [2.05, 4.69) is 0 Å². The maximum atomic E-state index is 13.6. The third-order valence-electron chi connectivity index (χ3n) is 6.20. The predicted octanol–water partition coefficient (Wildman–Crippen LogP) is 3.77. The Labute approximate surface area is 225 Å². The van der Waals surface area contributed by atoms with Crippen molar-refractivity contribution in [1.29, 1.82) is 0 Å². The van der Waals surface area contributed by atoms with Gasteiger partial charge in [-0.15, -0.1) is 0 Å². The van der Waals surface area contributed by atoms with E-state index in [0.29, 0.717) is 10.5 Å². The molecule has 2 aromatic heterocycles. The molecule has 0 saturated carbocycles. The van der Waals surface area contributed by atoms with Crippen LogP contribution in [0.5, 0.6) is 0 Å². The molecule has 202 valence electrons. The second kappa shape index (κ2) is 11.8. The summed E-state index contributed by atoms with van der Waals surface area (Å²) in [5.41, 5.74) is 6.03. The molecule has 4 N–H and O–H groups in total. The van der Waals surface area contributed by atoms with Crippen molar-refractivity contribution in [3.63, 3.8) is 0 Å². The van der Waals surface area contributed by atoms with Crippen molar-refractivity contribution in [1.82, 2.24) is 4.31 Å². The zero-order valence-electron chi connectivity index (χ0n) is 23.6. The standard InChI is InChI=1S/C27H31N3O7S/c1-19(15-28)16-29(38(34,35)21-10-6-3-7-11-21)17-25(31)23(14-20-8-4-2-5-9-20)30(27(32)33)24-18-37-26-22(24)12-13-36-26/h2-13,18-19,23,25,31H,14-17,28H2,1H3,(H,32,33)/t19?,23-,25+/m0/s1/i12D,13D,18D. The average molecular weight is 545 g/mol. The maximum absolute atomic E-state index is 13.6. The van der Waals surface area contributed by atoms with Crippen molar-refractivity contribution < 1.29 is 36.4 Å². The van der Waals surface area contributed by atoms with Crippen LogP contribution in [0.15, 0.2) is 92.9 Å². The fourth-order valence-electron chi connectivity index (χ4n) is 4.19. The minimum Gasteiger partial charge on any atom is -0.465 e. The second-order valence-corrected chi connectivity index (χ2v) is 10.9. The van der Waals surface area contributed by atoms with Gasteiger partial charge >= 0.3 is 6.09 Å². The number of aliphatic hydroxyl groups is 1. The van der Waals surface area contributed by atoms with Gasteiger partial charge in [-0.1, -0.05) is 55.5 Å². The summed E-state index contributed by atoms with van der Waals surface area (Å²) in [6.45, 7) is 1.38. The van der Waals surface area contributed by atoms with E-state index < -0.39 is 53.3 Å². The van der Waals surface area contributed by atoms with E-state index in [1.54, 1.807) is 55.5 Å². The molecule has 0 saturated heterocycles. The van der Waals surface area contributed by atoms with Crippen molar-refractivity contribution in [2.45, 2.75) is 30.4 Å². The first-order valence-electron chi connectivity index (χ1n) is 13.4. The van der Waals surface area contributed by atoms with Crippen LogP contribution in [0.4, 0.5) is 10.5 Å². The van der Waals surface area contributed by atoms with E-state index >= 15 is 0 Å². The minimum absolute atomic E-state index is 0.00340. The Balaban J connectivity index is 1.82. The molecule has 0 spiro atoms. The van der Waals surface area contributed by atoms with E-state index in [0.717, 1.165) is 4.31 Å². The number of rotatable bonds is 12. The van der Waals surface area contributed by atoms with Crippen LogP contribution in [0.25, 0.3) is 11.2 Å². The normalized spacial score (nSPS) is 15.5. The molecule has 0 aliphatic heterocycles. The van der Waals surface area contributed by atoms with Gasteiger partial charge in [-0.25, -0.2) is 13.2 Å². The number of nitrogens with zero attached hydrogens (tertiary/aromatic N) is 2. The third kappa shape index (κ3) is 5.91. The van der Waals surface area contributed by atoms with Crippen LogP contribution >= 0.6 is 0 Å². The van der Waals surface area contributed by atoms with Crippen LogP contribution in [0.3, 0.4) is 0 Å². The predicted molar refractivity (Wildman–Crippen MR) is 142 cm³/mol. The van der Waals surface area contributed by atoms with Crippen molar-refractivity contribution in [3.05, 3.63) is 84.7 Å². The number of aliphatic hydroxyl groups excluding tert-OH is 1. The minimum atomic E-state index is -4.13. The number of furan rings is 2.